The van der Waals surface area contributed by atoms with Gasteiger partial charge in [-0.1, -0.05) is 36.4 Å². The number of urea groups is 1. The van der Waals surface area contributed by atoms with Gasteiger partial charge in [0.1, 0.15) is 0 Å². The smallest absolute Gasteiger partial charge is 0.368 e. The molecule has 0 radical (unpaired) electrons. The molecule has 2 amide bonds. The number of halogens is 3. The van der Waals surface area contributed by atoms with Crippen LogP contribution >= 0.6 is 0 Å². The largest absolute Gasteiger partial charge is 0.416 e. The van der Waals surface area contributed by atoms with Crippen LogP contribution in [0.3, 0.4) is 0 Å². The average Bonchev–Trinajstić information content (AvgIpc) is 2.72. The van der Waals surface area contributed by atoms with E-state index in [1.165, 1.54) is 17.7 Å². The molecule has 1 saturated heterocycles. The number of benzene rings is 2. The fourth-order valence-electron chi connectivity index (χ4n) is 3.45. The maximum atomic E-state index is 12.9. The molecular formula is C22H26F3N3O. The van der Waals surface area contributed by atoms with E-state index >= 15 is 0 Å². The zero-order valence-corrected chi connectivity index (χ0v) is 16.5. The summed E-state index contributed by atoms with van der Waals surface area (Å²) in [5.41, 5.74) is 1.13. The maximum Gasteiger partial charge on any atom is 0.416 e. The average molecular weight is 405 g/mol. The molecule has 4 nitrogen and oxygen atoms in total. The molecule has 7 heteroatoms. The first-order chi connectivity index (χ1) is 13.8. The molecule has 0 bridgehead atoms. The van der Waals surface area contributed by atoms with E-state index < -0.39 is 11.7 Å². The first-order valence-corrected chi connectivity index (χ1v) is 9.84. The van der Waals surface area contributed by atoms with Crippen LogP contribution in [-0.4, -0.2) is 43.2 Å². The van der Waals surface area contributed by atoms with Crippen LogP contribution in [0.15, 0.2) is 54.6 Å². The van der Waals surface area contributed by atoms with Gasteiger partial charge in [0.05, 0.1) is 5.56 Å². The highest BCUT2D eigenvalue weighted by Crippen LogP contribution is 2.31. The standard InChI is InChI=1S/C22H26F3N3O/c1-17(10-11-18-6-3-2-4-7-18)26-21(29)28-14-12-27(13-15-28)20-9-5-8-19(16-20)22(23,24)25/h2-9,16-17H,10-15H2,1H3,(H,26,29). The van der Waals surface area contributed by atoms with Crippen molar-refractivity contribution in [3.63, 3.8) is 0 Å². The zero-order valence-electron chi connectivity index (χ0n) is 16.5. The third-order valence-electron chi connectivity index (χ3n) is 5.18. The van der Waals surface area contributed by atoms with Crippen LogP contribution in [0.25, 0.3) is 0 Å². The Morgan fingerprint density at radius 3 is 2.38 bits per heavy atom. The lowest BCUT2D eigenvalue weighted by atomic mass is 10.1. The lowest BCUT2D eigenvalue weighted by Gasteiger charge is -2.36. The van der Waals surface area contributed by atoms with Gasteiger partial charge in [0.15, 0.2) is 0 Å². The molecule has 1 atom stereocenters. The molecule has 1 aliphatic rings. The normalized spacial score (nSPS) is 15.9. The van der Waals surface area contributed by atoms with Crippen LogP contribution in [0.5, 0.6) is 0 Å². The molecule has 29 heavy (non-hydrogen) atoms. The third kappa shape index (κ3) is 5.89. The highest BCUT2D eigenvalue weighted by Gasteiger charge is 2.31. The number of hydrogen-bond donors (Lipinski definition) is 1. The lowest BCUT2D eigenvalue weighted by Crippen LogP contribution is -2.53. The highest BCUT2D eigenvalue weighted by molar-refractivity contribution is 5.75. The minimum Gasteiger partial charge on any atom is -0.368 e. The van der Waals surface area contributed by atoms with Crippen molar-refractivity contribution in [1.82, 2.24) is 10.2 Å². The minimum atomic E-state index is -4.35. The molecule has 2 aromatic carbocycles. The Labute approximate surface area is 169 Å². The molecule has 0 aliphatic carbocycles. The minimum absolute atomic E-state index is 0.0456. The van der Waals surface area contributed by atoms with Crippen molar-refractivity contribution in [1.29, 1.82) is 0 Å². The Morgan fingerprint density at radius 2 is 1.72 bits per heavy atom. The van der Waals surface area contributed by atoms with Crippen LogP contribution in [0.4, 0.5) is 23.7 Å². The summed E-state index contributed by atoms with van der Waals surface area (Å²) in [5.74, 6) is 0. The second-order valence-electron chi connectivity index (χ2n) is 7.40. The first-order valence-electron chi connectivity index (χ1n) is 9.84. The number of alkyl halides is 3. The van der Waals surface area contributed by atoms with Gasteiger partial charge in [-0.15, -0.1) is 0 Å². The predicted octanol–water partition coefficient (Wildman–Crippen LogP) is 4.56. The van der Waals surface area contributed by atoms with Gasteiger partial charge >= 0.3 is 12.2 Å². The Hall–Kier alpha value is -2.70. The number of nitrogens with one attached hydrogen (secondary N) is 1. The Kier molecular flexibility index (Phi) is 6.67. The van der Waals surface area contributed by atoms with Gasteiger partial charge in [-0.05, 0) is 43.5 Å². The molecule has 2 aromatic rings. The monoisotopic (exact) mass is 405 g/mol. The van der Waals surface area contributed by atoms with Crippen molar-refractivity contribution in [3.05, 3.63) is 65.7 Å². The number of carbonyl (C=O) groups is 1. The van der Waals surface area contributed by atoms with Gasteiger partial charge in [-0.3, -0.25) is 0 Å². The molecule has 1 unspecified atom stereocenters. The highest BCUT2D eigenvalue weighted by atomic mass is 19.4. The van der Waals surface area contributed by atoms with Gasteiger partial charge in [0, 0.05) is 37.9 Å². The van der Waals surface area contributed by atoms with Crippen LogP contribution in [-0.2, 0) is 12.6 Å². The molecule has 1 N–H and O–H groups in total. The third-order valence-corrected chi connectivity index (χ3v) is 5.18. The lowest BCUT2D eigenvalue weighted by molar-refractivity contribution is -0.137. The van der Waals surface area contributed by atoms with Gasteiger partial charge < -0.3 is 15.1 Å². The van der Waals surface area contributed by atoms with E-state index in [4.69, 9.17) is 0 Å². The summed E-state index contributed by atoms with van der Waals surface area (Å²) in [6.07, 6.45) is -2.61. The van der Waals surface area contributed by atoms with E-state index in [1.807, 2.05) is 30.0 Å². The molecule has 3 rings (SSSR count). The summed E-state index contributed by atoms with van der Waals surface area (Å²) < 4.78 is 38.7. The number of anilines is 1. The SMILES string of the molecule is CC(CCc1ccccc1)NC(=O)N1CCN(c2cccc(C(F)(F)F)c2)CC1. The number of nitrogens with zero attached hydrogens (tertiary/aromatic N) is 2. The summed E-state index contributed by atoms with van der Waals surface area (Å²) in [7, 11) is 0. The second kappa shape index (κ2) is 9.20. The van der Waals surface area contributed by atoms with Crippen molar-refractivity contribution in [2.75, 3.05) is 31.1 Å². The summed E-state index contributed by atoms with van der Waals surface area (Å²) in [6, 6.07) is 15.4. The Balaban J connectivity index is 1.47. The van der Waals surface area contributed by atoms with Crippen molar-refractivity contribution in [2.45, 2.75) is 32.0 Å². The predicted molar refractivity (Wildman–Crippen MR) is 108 cm³/mol. The molecule has 156 valence electrons. The van der Waals surface area contributed by atoms with Gasteiger partial charge in [-0.2, -0.15) is 13.2 Å². The van der Waals surface area contributed by atoms with E-state index in [-0.39, 0.29) is 12.1 Å². The van der Waals surface area contributed by atoms with E-state index in [1.54, 1.807) is 11.0 Å². The number of carbonyl (C=O) groups excluding carboxylic acids is 1. The molecule has 0 aromatic heterocycles. The molecular weight excluding hydrogens is 379 g/mol. The molecule has 0 spiro atoms. The van der Waals surface area contributed by atoms with Crippen molar-refractivity contribution < 1.29 is 18.0 Å². The van der Waals surface area contributed by atoms with E-state index in [2.05, 4.69) is 17.4 Å². The number of aryl methyl sites for hydroxylation is 1. The summed E-state index contributed by atoms with van der Waals surface area (Å²) in [5, 5.41) is 3.02. The van der Waals surface area contributed by atoms with E-state index in [0.29, 0.717) is 31.9 Å². The number of rotatable bonds is 5. The summed E-state index contributed by atoms with van der Waals surface area (Å²) >= 11 is 0. The summed E-state index contributed by atoms with van der Waals surface area (Å²) in [4.78, 5) is 16.1. The van der Waals surface area contributed by atoms with Crippen LogP contribution in [0.1, 0.15) is 24.5 Å². The zero-order chi connectivity index (χ0) is 20.9. The Morgan fingerprint density at radius 1 is 1.03 bits per heavy atom. The topological polar surface area (TPSA) is 35.6 Å². The second-order valence-corrected chi connectivity index (χ2v) is 7.40. The fourth-order valence-corrected chi connectivity index (χ4v) is 3.45. The van der Waals surface area contributed by atoms with Crippen LogP contribution in [0, 0.1) is 0 Å². The molecule has 1 aliphatic heterocycles. The first kappa shape index (κ1) is 21.0. The number of amides is 2. The summed E-state index contributed by atoms with van der Waals surface area (Å²) in [6.45, 7) is 3.96. The van der Waals surface area contributed by atoms with Gasteiger partial charge in [0.25, 0.3) is 0 Å². The molecule has 1 fully saturated rings. The van der Waals surface area contributed by atoms with Crippen molar-refractivity contribution in [3.8, 4) is 0 Å². The van der Waals surface area contributed by atoms with Gasteiger partial charge in [-0.25, -0.2) is 4.79 Å². The maximum absolute atomic E-state index is 12.9. The number of piperazine rings is 1. The van der Waals surface area contributed by atoms with Crippen molar-refractivity contribution >= 4 is 11.7 Å². The molecule has 0 saturated carbocycles. The van der Waals surface area contributed by atoms with Crippen LogP contribution < -0.4 is 10.2 Å². The fraction of sp³-hybridized carbons (Fsp3) is 0.409. The Bertz CT molecular complexity index is 802. The quantitative estimate of drug-likeness (QED) is 0.792. The van der Waals surface area contributed by atoms with E-state index in [9.17, 15) is 18.0 Å². The van der Waals surface area contributed by atoms with E-state index in [0.717, 1.165) is 18.9 Å². The van der Waals surface area contributed by atoms with Crippen molar-refractivity contribution in [2.24, 2.45) is 0 Å². The molecule has 1 heterocycles. The van der Waals surface area contributed by atoms with Gasteiger partial charge in [0.2, 0.25) is 0 Å². The number of hydrogen-bond acceptors (Lipinski definition) is 2. The van der Waals surface area contributed by atoms with Crippen LogP contribution in [0.2, 0.25) is 0 Å².